The van der Waals surface area contributed by atoms with Crippen molar-refractivity contribution in [2.45, 2.75) is 38.6 Å². The van der Waals surface area contributed by atoms with Gasteiger partial charge in [0, 0.05) is 24.5 Å². The Balaban J connectivity index is 1.60. The maximum absolute atomic E-state index is 12.3. The van der Waals surface area contributed by atoms with Crippen molar-refractivity contribution in [2.75, 3.05) is 24.6 Å². The summed E-state index contributed by atoms with van der Waals surface area (Å²) in [4.78, 5) is 19.1. The van der Waals surface area contributed by atoms with Gasteiger partial charge in [0.05, 0.1) is 18.5 Å². The van der Waals surface area contributed by atoms with Crippen LogP contribution in [0.3, 0.4) is 0 Å². The van der Waals surface area contributed by atoms with Crippen molar-refractivity contribution in [1.82, 2.24) is 19.9 Å². The molecule has 1 amide bonds. The first kappa shape index (κ1) is 19.4. The number of aromatic nitrogens is 3. The third kappa shape index (κ3) is 3.70. The molecule has 7 heteroatoms. The Bertz CT molecular complexity index is 1030. The van der Waals surface area contributed by atoms with Gasteiger partial charge >= 0.3 is 0 Å². The highest BCUT2D eigenvalue weighted by Gasteiger charge is 2.35. The molecule has 3 heterocycles. The lowest BCUT2D eigenvalue weighted by Crippen LogP contribution is -2.35. The van der Waals surface area contributed by atoms with Gasteiger partial charge in [-0.2, -0.15) is 0 Å². The molecular weight excluding hydrogens is 366 g/mol. The van der Waals surface area contributed by atoms with E-state index in [1.165, 1.54) is 5.56 Å². The lowest BCUT2D eigenvalue weighted by atomic mass is 9.82. The van der Waals surface area contributed by atoms with Crippen LogP contribution in [-0.2, 0) is 5.41 Å². The molecule has 0 unspecified atom stereocenters. The zero-order valence-electron chi connectivity index (χ0n) is 17.1. The number of hydrogen-bond donors (Lipinski definition) is 2. The number of aliphatic hydroxyl groups excluding tert-OH is 1. The van der Waals surface area contributed by atoms with Crippen LogP contribution in [0.2, 0.25) is 0 Å². The molecule has 2 aromatic heterocycles. The third-order valence-electron chi connectivity index (χ3n) is 5.77. The molecule has 1 fully saturated rings. The fourth-order valence-electron chi connectivity index (χ4n) is 3.99. The van der Waals surface area contributed by atoms with Gasteiger partial charge in [0.1, 0.15) is 0 Å². The molecule has 2 N–H and O–H groups in total. The van der Waals surface area contributed by atoms with E-state index in [0.29, 0.717) is 5.65 Å². The summed E-state index contributed by atoms with van der Waals surface area (Å²) in [5.41, 5.74) is 4.18. The lowest BCUT2D eigenvalue weighted by molar-refractivity contribution is 0.0912. The quantitative estimate of drug-likeness (QED) is 0.695. The molecule has 3 aromatic rings. The number of carbonyl (C=O) groups excluding carboxylic acids is 1. The molecule has 2 atom stereocenters. The van der Waals surface area contributed by atoms with E-state index in [-0.39, 0.29) is 29.8 Å². The Morgan fingerprint density at radius 1 is 1.34 bits per heavy atom. The predicted octanol–water partition coefficient (Wildman–Crippen LogP) is 2.32. The fraction of sp³-hybridized carbons (Fsp3) is 0.409. The van der Waals surface area contributed by atoms with E-state index >= 15 is 0 Å². The van der Waals surface area contributed by atoms with Crippen LogP contribution in [0, 0.1) is 6.92 Å². The Labute approximate surface area is 170 Å². The van der Waals surface area contributed by atoms with Gasteiger partial charge in [-0.25, -0.2) is 9.50 Å². The van der Waals surface area contributed by atoms with Crippen LogP contribution in [0.1, 0.15) is 42.0 Å². The summed E-state index contributed by atoms with van der Waals surface area (Å²) >= 11 is 0. The topological polar surface area (TPSA) is 82.8 Å². The van der Waals surface area contributed by atoms with Gasteiger partial charge in [-0.3, -0.25) is 4.79 Å². The van der Waals surface area contributed by atoms with Gasteiger partial charge in [-0.05, 0) is 37.5 Å². The maximum Gasteiger partial charge on any atom is 0.291 e. The van der Waals surface area contributed by atoms with Crippen molar-refractivity contribution >= 4 is 17.2 Å². The zero-order valence-corrected chi connectivity index (χ0v) is 17.1. The summed E-state index contributed by atoms with van der Waals surface area (Å²) in [5, 5.41) is 16.2. The molecule has 1 saturated heterocycles. The van der Waals surface area contributed by atoms with Crippen LogP contribution in [0.25, 0.3) is 5.65 Å². The van der Waals surface area contributed by atoms with Crippen molar-refractivity contribution in [1.29, 1.82) is 0 Å². The second-order valence-electron chi connectivity index (χ2n) is 8.24. The van der Waals surface area contributed by atoms with Gasteiger partial charge in [0.25, 0.3) is 5.91 Å². The number of hydrogen-bond acceptors (Lipinski definition) is 5. The van der Waals surface area contributed by atoms with Crippen molar-refractivity contribution in [2.24, 2.45) is 0 Å². The summed E-state index contributed by atoms with van der Waals surface area (Å²) in [7, 11) is 0. The molecule has 4 rings (SSSR count). The van der Waals surface area contributed by atoms with Crippen LogP contribution in [0.4, 0.5) is 5.69 Å². The number of aryl methyl sites for hydroxylation is 1. The first-order chi connectivity index (χ1) is 13.9. The number of fused-ring (bicyclic) bond motifs is 1. The van der Waals surface area contributed by atoms with E-state index < -0.39 is 0 Å². The van der Waals surface area contributed by atoms with Crippen molar-refractivity contribution in [3.63, 3.8) is 0 Å². The minimum atomic E-state index is -0.381. The summed E-state index contributed by atoms with van der Waals surface area (Å²) in [6.45, 7) is 7.79. The highest BCUT2D eigenvalue weighted by atomic mass is 16.3. The van der Waals surface area contributed by atoms with Crippen LogP contribution < -0.4 is 10.2 Å². The molecule has 7 nitrogen and oxygen atoms in total. The van der Waals surface area contributed by atoms with E-state index in [1.54, 1.807) is 11.4 Å². The number of nitrogens with zero attached hydrogens (tertiary/aromatic N) is 4. The molecule has 0 radical (unpaired) electrons. The van der Waals surface area contributed by atoms with Crippen molar-refractivity contribution in [3.8, 4) is 0 Å². The number of carbonyl (C=O) groups is 1. The molecule has 0 saturated carbocycles. The minimum Gasteiger partial charge on any atom is -0.394 e. The van der Waals surface area contributed by atoms with Crippen LogP contribution >= 0.6 is 0 Å². The average molecular weight is 393 g/mol. The summed E-state index contributed by atoms with van der Waals surface area (Å²) in [6.07, 6.45) is 3.02. The number of amides is 1. The summed E-state index contributed by atoms with van der Waals surface area (Å²) < 4.78 is 1.68. The predicted molar refractivity (Wildman–Crippen MR) is 112 cm³/mol. The van der Waals surface area contributed by atoms with Gasteiger partial charge < -0.3 is 15.3 Å². The maximum atomic E-state index is 12.3. The number of nitrogens with one attached hydrogen (secondary N) is 1. The lowest BCUT2D eigenvalue weighted by Gasteiger charge is -2.26. The molecule has 152 valence electrons. The molecule has 0 bridgehead atoms. The van der Waals surface area contributed by atoms with E-state index in [2.05, 4.69) is 63.6 Å². The Hall–Kier alpha value is -2.93. The number of benzene rings is 1. The Morgan fingerprint density at radius 3 is 2.83 bits per heavy atom. The zero-order chi connectivity index (χ0) is 20.6. The fourth-order valence-corrected chi connectivity index (χ4v) is 3.99. The van der Waals surface area contributed by atoms with Gasteiger partial charge in [-0.1, -0.05) is 37.3 Å². The Kier molecular flexibility index (Phi) is 5.00. The van der Waals surface area contributed by atoms with Gasteiger partial charge in [-0.15, -0.1) is 5.10 Å². The smallest absolute Gasteiger partial charge is 0.291 e. The van der Waals surface area contributed by atoms with E-state index in [4.69, 9.17) is 5.11 Å². The highest BCUT2D eigenvalue weighted by molar-refractivity contribution is 5.91. The Morgan fingerprint density at radius 2 is 2.10 bits per heavy atom. The van der Waals surface area contributed by atoms with Crippen molar-refractivity contribution < 1.29 is 9.90 Å². The highest BCUT2D eigenvalue weighted by Crippen LogP contribution is 2.36. The summed E-state index contributed by atoms with van der Waals surface area (Å²) in [6, 6.07) is 12.4. The first-order valence-electron chi connectivity index (χ1n) is 9.99. The van der Waals surface area contributed by atoms with Gasteiger partial charge in [0.2, 0.25) is 5.82 Å². The molecule has 29 heavy (non-hydrogen) atoms. The average Bonchev–Trinajstić information content (AvgIpc) is 3.33. The standard InChI is InChI=1S/C22H27N5O2/c1-15-11-18(26-10-9-22(3,14-26)17-7-5-4-6-8-17)12-27-20(15)24-19(25-27)21(29)23-16(2)13-28/h4-8,11-12,16,28H,9-10,13-14H2,1-3H3,(H,23,29)/t16-,22-/m0/s1. The second-order valence-corrected chi connectivity index (χ2v) is 8.24. The molecule has 1 aliphatic heterocycles. The number of pyridine rings is 1. The number of anilines is 1. The minimum absolute atomic E-state index is 0.109. The number of rotatable bonds is 5. The number of aliphatic hydroxyl groups is 1. The molecule has 0 aliphatic carbocycles. The van der Waals surface area contributed by atoms with E-state index in [9.17, 15) is 4.79 Å². The normalized spacial score (nSPS) is 20.2. The molecule has 1 aromatic carbocycles. The first-order valence-corrected chi connectivity index (χ1v) is 9.99. The largest absolute Gasteiger partial charge is 0.394 e. The second kappa shape index (κ2) is 7.48. The summed E-state index contributed by atoms with van der Waals surface area (Å²) in [5.74, 6) is -0.268. The third-order valence-corrected chi connectivity index (χ3v) is 5.77. The molecule has 0 spiro atoms. The van der Waals surface area contributed by atoms with Crippen LogP contribution in [0.15, 0.2) is 42.6 Å². The monoisotopic (exact) mass is 393 g/mol. The van der Waals surface area contributed by atoms with Crippen LogP contribution in [0.5, 0.6) is 0 Å². The van der Waals surface area contributed by atoms with Crippen LogP contribution in [-0.4, -0.2) is 51.4 Å². The van der Waals surface area contributed by atoms with E-state index in [0.717, 1.165) is 30.8 Å². The molecule has 1 aliphatic rings. The van der Waals surface area contributed by atoms with Gasteiger partial charge in [0.15, 0.2) is 5.65 Å². The SMILES string of the molecule is Cc1cc(N2CC[C@](C)(c3ccccc3)C2)cn2nc(C(=O)N[C@@H](C)CO)nc12. The van der Waals surface area contributed by atoms with Crippen molar-refractivity contribution in [3.05, 3.63) is 59.5 Å². The van der Waals surface area contributed by atoms with E-state index in [1.807, 2.05) is 13.1 Å². The molecular formula is C22H27N5O2.